The zero-order chi connectivity index (χ0) is 33.6. The number of rotatable bonds is 11. The Labute approximate surface area is 283 Å². The van der Waals surface area contributed by atoms with Crippen molar-refractivity contribution in [3.8, 4) is 0 Å². The fourth-order valence-electron chi connectivity index (χ4n) is 6.66. The highest BCUT2D eigenvalue weighted by Gasteiger charge is 2.34. The molecular formula is C36H47N7O5. The highest BCUT2D eigenvalue weighted by Crippen LogP contribution is 2.35. The van der Waals surface area contributed by atoms with Crippen molar-refractivity contribution in [2.75, 3.05) is 73.5 Å². The molecule has 3 aromatic rings. The van der Waals surface area contributed by atoms with Gasteiger partial charge in [0.1, 0.15) is 5.82 Å². The van der Waals surface area contributed by atoms with Gasteiger partial charge in [-0.3, -0.25) is 14.6 Å². The van der Waals surface area contributed by atoms with Crippen LogP contribution in [0.2, 0.25) is 0 Å². The smallest absolute Gasteiger partial charge is 0.330 e. The number of hydrogen-bond acceptors (Lipinski definition) is 10. The van der Waals surface area contributed by atoms with Crippen molar-refractivity contribution in [2.45, 2.75) is 65.4 Å². The number of para-hydroxylation sites is 1. The molecule has 12 nitrogen and oxygen atoms in total. The molecule has 0 aliphatic carbocycles. The maximum absolute atomic E-state index is 14.1. The number of piperazine rings is 1. The topological polar surface area (TPSA) is 113 Å². The molecular weight excluding hydrogens is 610 g/mol. The van der Waals surface area contributed by atoms with Crippen molar-refractivity contribution in [1.29, 1.82) is 0 Å². The van der Waals surface area contributed by atoms with Crippen LogP contribution in [0.1, 0.15) is 54.4 Å². The number of amides is 2. The van der Waals surface area contributed by atoms with Crippen molar-refractivity contribution in [2.24, 2.45) is 0 Å². The van der Waals surface area contributed by atoms with Crippen LogP contribution in [0, 0.1) is 13.8 Å². The number of urea groups is 1. The SMILES string of the molecule is COC(=O)CCCN1C(=O)N(c2c(C)cccc2C)Cc2cnc(Nc3ccc(N4CCN(C)CC4)c(COC4CCCCO4)c3)nc21. The molecule has 4 heterocycles. The normalized spacial score (nSPS) is 18.5. The van der Waals surface area contributed by atoms with E-state index in [0.29, 0.717) is 37.9 Å². The van der Waals surface area contributed by atoms with Crippen LogP contribution in [-0.2, 0) is 32.2 Å². The van der Waals surface area contributed by atoms with E-state index in [1.165, 1.54) is 7.11 Å². The van der Waals surface area contributed by atoms with Crippen molar-refractivity contribution < 1.29 is 23.8 Å². The Kier molecular flexibility index (Phi) is 10.7. The molecule has 1 N–H and O–H groups in total. The molecule has 2 aromatic carbocycles. The summed E-state index contributed by atoms with van der Waals surface area (Å²) in [5, 5.41) is 3.39. The summed E-state index contributed by atoms with van der Waals surface area (Å²) in [5.41, 5.74) is 6.78. The van der Waals surface area contributed by atoms with Gasteiger partial charge in [-0.1, -0.05) is 18.2 Å². The van der Waals surface area contributed by atoms with Gasteiger partial charge < -0.3 is 29.3 Å². The highest BCUT2D eigenvalue weighted by atomic mass is 16.7. The van der Waals surface area contributed by atoms with Gasteiger partial charge in [0.25, 0.3) is 0 Å². The number of likely N-dealkylation sites (N-methyl/N-ethyl adjacent to an activating group) is 1. The Hall–Kier alpha value is -4.26. The Balaban J connectivity index is 1.27. The second kappa shape index (κ2) is 15.3. The van der Waals surface area contributed by atoms with Gasteiger partial charge in [-0.2, -0.15) is 4.98 Å². The van der Waals surface area contributed by atoms with Crippen molar-refractivity contribution in [3.05, 3.63) is 64.8 Å². The van der Waals surface area contributed by atoms with Crippen LogP contribution in [0.25, 0.3) is 0 Å². The van der Waals surface area contributed by atoms with Crippen LogP contribution in [-0.4, -0.2) is 86.6 Å². The summed E-state index contributed by atoms with van der Waals surface area (Å²) in [5.74, 6) is 0.609. The summed E-state index contributed by atoms with van der Waals surface area (Å²) in [6.45, 7) is 9.74. The predicted molar refractivity (Wildman–Crippen MR) is 186 cm³/mol. The summed E-state index contributed by atoms with van der Waals surface area (Å²) < 4.78 is 17.0. The molecule has 3 aliphatic rings. The molecule has 0 spiro atoms. The lowest BCUT2D eigenvalue weighted by Gasteiger charge is -2.37. The first-order chi connectivity index (χ1) is 23.3. The highest BCUT2D eigenvalue weighted by molar-refractivity contribution is 6.06. The zero-order valence-corrected chi connectivity index (χ0v) is 28.5. The molecule has 2 saturated heterocycles. The second-order valence-electron chi connectivity index (χ2n) is 12.8. The third-order valence-corrected chi connectivity index (χ3v) is 9.33. The summed E-state index contributed by atoms with van der Waals surface area (Å²) >= 11 is 0. The Morgan fingerprint density at radius 3 is 2.60 bits per heavy atom. The minimum atomic E-state index is -0.314. The van der Waals surface area contributed by atoms with Crippen molar-refractivity contribution >= 4 is 40.8 Å². The van der Waals surface area contributed by atoms with Crippen LogP contribution >= 0.6 is 0 Å². The number of aromatic nitrogens is 2. The third kappa shape index (κ3) is 7.72. The molecule has 1 atom stereocenters. The van der Waals surface area contributed by atoms with E-state index >= 15 is 0 Å². The van der Waals surface area contributed by atoms with E-state index in [0.717, 1.165) is 91.4 Å². The number of nitrogens with zero attached hydrogens (tertiary/aromatic N) is 6. The minimum absolute atomic E-state index is 0.185. The maximum atomic E-state index is 14.1. The number of aryl methyl sites for hydroxylation is 2. The molecule has 2 fully saturated rings. The van der Waals surface area contributed by atoms with E-state index in [9.17, 15) is 9.59 Å². The standard InChI is InChI=1S/C36H47N7O5/c1-25-9-7-10-26(2)33(25)43-23-28-22-37-35(39-34(28)42(36(43)45)15-8-11-31(44)46-4)38-29-13-14-30(41-18-16-40(3)17-19-41)27(21-29)24-48-32-12-5-6-20-47-32/h7,9-10,13-14,21-22,32H,5-6,8,11-12,15-20,23-24H2,1-4H3,(H,37,38,39). The number of methoxy groups -OCH3 is 1. The average molecular weight is 658 g/mol. The van der Waals surface area contributed by atoms with Crippen molar-refractivity contribution in [3.63, 3.8) is 0 Å². The van der Waals surface area contributed by atoms with Gasteiger partial charge in [0.15, 0.2) is 6.29 Å². The van der Waals surface area contributed by atoms with Gasteiger partial charge in [-0.15, -0.1) is 0 Å². The van der Waals surface area contributed by atoms with Crippen LogP contribution in [0.3, 0.4) is 0 Å². The zero-order valence-electron chi connectivity index (χ0n) is 28.5. The first-order valence-electron chi connectivity index (χ1n) is 17.0. The minimum Gasteiger partial charge on any atom is -0.469 e. The Bertz CT molecular complexity index is 1580. The monoisotopic (exact) mass is 657 g/mol. The van der Waals surface area contributed by atoms with Gasteiger partial charge in [0.05, 0.1) is 25.9 Å². The van der Waals surface area contributed by atoms with Crippen LogP contribution in [0.15, 0.2) is 42.6 Å². The van der Waals surface area contributed by atoms with Gasteiger partial charge in [-0.25, -0.2) is 9.78 Å². The number of carbonyl (C=O) groups excluding carboxylic acids is 2. The Morgan fingerprint density at radius 2 is 1.88 bits per heavy atom. The molecule has 0 saturated carbocycles. The van der Waals surface area contributed by atoms with E-state index in [-0.39, 0.29) is 24.7 Å². The number of esters is 1. The first kappa shape index (κ1) is 33.6. The van der Waals surface area contributed by atoms with E-state index in [2.05, 4.69) is 39.3 Å². The molecule has 0 bridgehead atoms. The van der Waals surface area contributed by atoms with Gasteiger partial charge in [0, 0.05) is 74.5 Å². The number of benzene rings is 2. The molecule has 6 rings (SSSR count). The van der Waals surface area contributed by atoms with Crippen LogP contribution < -0.4 is 20.0 Å². The summed E-state index contributed by atoms with van der Waals surface area (Å²) in [7, 11) is 3.53. The summed E-state index contributed by atoms with van der Waals surface area (Å²) in [6.07, 6.45) is 5.32. The summed E-state index contributed by atoms with van der Waals surface area (Å²) in [4.78, 5) is 43.8. The van der Waals surface area contributed by atoms with E-state index in [1.807, 2.05) is 38.1 Å². The molecule has 2 amide bonds. The summed E-state index contributed by atoms with van der Waals surface area (Å²) in [6, 6.07) is 12.1. The second-order valence-corrected chi connectivity index (χ2v) is 12.8. The molecule has 1 aromatic heterocycles. The first-order valence-corrected chi connectivity index (χ1v) is 17.0. The fourth-order valence-corrected chi connectivity index (χ4v) is 6.66. The number of hydrogen-bond donors (Lipinski definition) is 1. The Morgan fingerprint density at radius 1 is 1.08 bits per heavy atom. The van der Waals surface area contributed by atoms with E-state index < -0.39 is 0 Å². The molecule has 48 heavy (non-hydrogen) atoms. The molecule has 12 heteroatoms. The number of fused-ring (bicyclic) bond motifs is 1. The number of anilines is 5. The third-order valence-electron chi connectivity index (χ3n) is 9.33. The molecule has 1 unspecified atom stereocenters. The lowest BCUT2D eigenvalue weighted by molar-refractivity contribution is -0.168. The maximum Gasteiger partial charge on any atom is 0.330 e. The van der Waals surface area contributed by atoms with E-state index in [4.69, 9.17) is 19.2 Å². The van der Waals surface area contributed by atoms with Crippen LogP contribution in [0.4, 0.5) is 33.6 Å². The molecule has 256 valence electrons. The van der Waals surface area contributed by atoms with Crippen molar-refractivity contribution in [1.82, 2.24) is 14.9 Å². The number of ether oxygens (including phenoxy) is 3. The number of nitrogens with one attached hydrogen (secondary N) is 1. The van der Waals surface area contributed by atoms with Gasteiger partial charge >= 0.3 is 12.0 Å². The lowest BCUT2D eigenvalue weighted by Crippen LogP contribution is -2.49. The quantitative estimate of drug-likeness (QED) is 0.264. The fraction of sp³-hybridized carbons (Fsp3) is 0.500. The largest absolute Gasteiger partial charge is 0.469 e. The molecule has 0 radical (unpaired) electrons. The average Bonchev–Trinajstić information content (AvgIpc) is 3.09. The molecule has 3 aliphatic heterocycles. The van der Waals surface area contributed by atoms with Gasteiger partial charge in [0.2, 0.25) is 5.95 Å². The van der Waals surface area contributed by atoms with Gasteiger partial charge in [-0.05, 0) is 75.9 Å². The predicted octanol–water partition coefficient (Wildman–Crippen LogP) is 5.53. The van der Waals surface area contributed by atoms with E-state index in [1.54, 1.807) is 16.0 Å². The lowest BCUT2D eigenvalue weighted by atomic mass is 10.1. The van der Waals surface area contributed by atoms with Crippen LogP contribution in [0.5, 0.6) is 0 Å². The number of carbonyl (C=O) groups is 2.